The zero-order valence-corrected chi connectivity index (χ0v) is 11.1. The summed E-state index contributed by atoms with van der Waals surface area (Å²) in [5.41, 5.74) is 0.585. The molecule has 0 unspecified atom stereocenters. The number of hydrogen-bond acceptors (Lipinski definition) is 5. The van der Waals surface area contributed by atoms with Gasteiger partial charge in [-0.05, 0) is 32.9 Å². The maximum absolute atomic E-state index is 10.1. The lowest BCUT2D eigenvalue weighted by Crippen LogP contribution is -2.42. The second-order valence-corrected chi connectivity index (χ2v) is 5.76. The van der Waals surface area contributed by atoms with Crippen LogP contribution < -0.4 is 10.6 Å². The van der Waals surface area contributed by atoms with Crippen molar-refractivity contribution in [2.45, 2.75) is 31.8 Å². The second kappa shape index (κ2) is 5.91. The van der Waals surface area contributed by atoms with Crippen molar-refractivity contribution in [1.29, 1.82) is 0 Å². The van der Waals surface area contributed by atoms with Crippen LogP contribution in [-0.2, 0) is 6.42 Å². The van der Waals surface area contributed by atoms with E-state index in [1.54, 1.807) is 11.3 Å². The number of β-amino-alcohol motifs (C(OH)–C–C–N with tert-alkyl or cyclic N) is 1. The maximum atomic E-state index is 10.1. The van der Waals surface area contributed by atoms with Crippen LogP contribution in [0.5, 0.6) is 0 Å². The molecule has 0 saturated carbocycles. The van der Waals surface area contributed by atoms with Gasteiger partial charge in [-0.25, -0.2) is 4.98 Å². The molecule has 5 heteroatoms. The average molecular weight is 255 g/mol. The first-order chi connectivity index (χ1) is 8.18. The van der Waals surface area contributed by atoms with E-state index in [0.29, 0.717) is 13.1 Å². The van der Waals surface area contributed by atoms with E-state index in [-0.39, 0.29) is 0 Å². The van der Waals surface area contributed by atoms with E-state index in [9.17, 15) is 5.11 Å². The smallest absolute Gasteiger partial charge is 0.0928 e. The van der Waals surface area contributed by atoms with Gasteiger partial charge in [-0.3, -0.25) is 0 Å². The van der Waals surface area contributed by atoms with Gasteiger partial charge in [0.1, 0.15) is 0 Å². The summed E-state index contributed by atoms with van der Waals surface area (Å²) in [6, 6.07) is 0. The molecule has 2 heterocycles. The fourth-order valence-electron chi connectivity index (χ4n) is 2.08. The summed E-state index contributed by atoms with van der Waals surface area (Å²) in [4.78, 5) is 4.43. The van der Waals surface area contributed by atoms with Crippen LogP contribution in [0.4, 0.5) is 0 Å². The van der Waals surface area contributed by atoms with Crippen LogP contribution >= 0.6 is 11.3 Å². The highest BCUT2D eigenvalue weighted by atomic mass is 32.1. The normalized spacial score (nSPS) is 24.4. The number of hydrogen-bond donors (Lipinski definition) is 3. The Kier molecular flexibility index (Phi) is 4.50. The van der Waals surface area contributed by atoms with Crippen molar-refractivity contribution in [2.75, 3.05) is 26.2 Å². The number of aromatic nitrogens is 1. The minimum Gasteiger partial charge on any atom is -0.387 e. The number of aliphatic hydroxyl groups is 1. The molecule has 1 aliphatic heterocycles. The average Bonchev–Trinajstić information content (AvgIpc) is 2.88. The lowest BCUT2D eigenvalue weighted by molar-refractivity contribution is 0.0613. The van der Waals surface area contributed by atoms with Crippen LogP contribution in [0.25, 0.3) is 0 Å². The van der Waals surface area contributed by atoms with Gasteiger partial charge in [0.25, 0.3) is 0 Å². The molecular weight excluding hydrogens is 234 g/mol. The molecule has 4 nitrogen and oxygen atoms in total. The summed E-state index contributed by atoms with van der Waals surface area (Å²) in [5, 5.41) is 19.9. The van der Waals surface area contributed by atoms with E-state index in [2.05, 4.69) is 21.0 Å². The molecule has 17 heavy (non-hydrogen) atoms. The summed E-state index contributed by atoms with van der Waals surface area (Å²) in [6.45, 7) is 5.31. The molecule has 1 fully saturated rings. The summed E-state index contributed by atoms with van der Waals surface area (Å²) >= 11 is 1.73. The van der Waals surface area contributed by atoms with Crippen molar-refractivity contribution in [3.05, 3.63) is 16.1 Å². The van der Waals surface area contributed by atoms with E-state index in [0.717, 1.165) is 38.0 Å². The molecule has 1 atom stereocenters. The Bertz CT molecular complexity index is 347. The largest absolute Gasteiger partial charge is 0.387 e. The topological polar surface area (TPSA) is 57.2 Å². The number of thiazole rings is 1. The summed E-state index contributed by atoms with van der Waals surface area (Å²) in [6.07, 6.45) is 2.96. The first-order valence-corrected chi connectivity index (χ1v) is 7.11. The number of aryl methyl sites for hydroxylation is 2. The Balaban J connectivity index is 1.57. The minimum atomic E-state index is -0.530. The molecule has 1 aromatic rings. The Hall–Kier alpha value is -0.490. The van der Waals surface area contributed by atoms with E-state index >= 15 is 0 Å². The molecule has 0 aliphatic carbocycles. The minimum absolute atomic E-state index is 0.530. The van der Waals surface area contributed by atoms with Crippen LogP contribution in [0.1, 0.15) is 23.5 Å². The molecule has 0 radical (unpaired) electrons. The molecule has 0 amide bonds. The van der Waals surface area contributed by atoms with Crippen molar-refractivity contribution in [2.24, 2.45) is 0 Å². The van der Waals surface area contributed by atoms with Gasteiger partial charge < -0.3 is 15.7 Å². The number of nitrogens with zero attached hydrogens (tertiary/aromatic N) is 1. The second-order valence-electron chi connectivity index (χ2n) is 4.81. The van der Waals surface area contributed by atoms with E-state index in [4.69, 9.17) is 0 Å². The predicted octanol–water partition coefficient (Wildman–Crippen LogP) is 0.698. The van der Waals surface area contributed by atoms with Gasteiger partial charge in [0.2, 0.25) is 0 Å². The molecule has 2 rings (SSSR count). The highest BCUT2D eigenvalue weighted by Crippen LogP contribution is 2.13. The first kappa shape index (κ1) is 13.0. The number of rotatable bonds is 6. The van der Waals surface area contributed by atoms with Gasteiger partial charge in [0, 0.05) is 30.6 Å². The zero-order chi connectivity index (χ0) is 12.1. The van der Waals surface area contributed by atoms with Gasteiger partial charge in [-0.2, -0.15) is 0 Å². The van der Waals surface area contributed by atoms with Crippen molar-refractivity contribution in [3.63, 3.8) is 0 Å². The predicted molar refractivity (Wildman–Crippen MR) is 70.5 cm³/mol. The SMILES string of the molecule is Cc1csc(CCCNC[C@@]2(O)CCNC2)n1. The quantitative estimate of drug-likeness (QED) is 0.655. The lowest BCUT2D eigenvalue weighted by Gasteiger charge is -2.21. The fraction of sp³-hybridized carbons (Fsp3) is 0.750. The molecule has 0 aromatic carbocycles. The summed E-state index contributed by atoms with van der Waals surface area (Å²) < 4.78 is 0. The van der Waals surface area contributed by atoms with Gasteiger partial charge in [-0.15, -0.1) is 11.3 Å². The summed E-state index contributed by atoms with van der Waals surface area (Å²) in [5.74, 6) is 0. The van der Waals surface area contributed by atoms with Crippen molar-refractivity contribution in [3.8, 4) is 0 Å². The van der Waals surface area contributed by atoms with Gasteiger partial charge in [0.05, 0.1) is 10.6 Å². The Morgan fingerprint density at radius 1 is 1.65 bits per heavy atom. The molecule has 1 aliphatic rings. The molecule has 0 bridgehead atoms. The van der Waals surface area contributed by atoms with Gasteiger partial charge in [0.15, 0.2) is 0 Å². The van der Waals surface area contributed by atoms with Gasteiger partial charge >= 0.3 is 0 Å². The molecule has 3 N–H and O–H groups in total. The van der Waals surface area contributed by atoms with Crippen molar-refractivity contribution in [1.82, 2.24) is 15.6 Å². The van der Waals surface area contributed by atoms with Crippen LogP contribution in [-0.4, -0.2) is 41.9 Å². The molecular formula is C12H21N3OS. The third-order valence-electron chi connectivity index (χ3n) is 3.09. The Morgan fingerprint density at radius 2 is 2.53 bits per heavy atom. The maximum Gasteiger partial charge on any atom is 0.0928 e. The molecule has 96 valence electrons. The van der Waals surface area contributed by atoms with E-state index in [1.165, 1.54) is 5.01 Å². The van der Waals surface area contributed by atoms with Crippen molar-refractivity contribution >= 4 is 11.3 Å². The van der Waals surface area contributed by atoms with Crippen LogP contribution in [0, 0.1) is 6.92 Å². The standard InChI is InChI=1S/C12H21N3OS/c1-10-7-17-11(15-10)3-2-5-13-8-12(16)4-6-14-9-12/h7,13-14,16H,2-6,8-9H2,1H3/t12-/m0/s1. The van der Waals surface area contributed by atoms with Crippen LogP contribution in [0.3, 0.4) is 0 Å². The molecule has 1 aromatic heterocycles. The van der Waals surface area contributed by atoms with Crippen LogP contribution in [0.2, 0.25) is 0 Å². The highest BCUT2D eigenvalue weighted by Gasteiger charge is 2.29. The zero-order valence-electron chi connectivity index (χ0n) is 10.3. The highest BCUT2D eigenvalue weighted by molar-refractivity contribution is 7.09. The monoisotopic (exact) mass is 255 g/mol. The number of nitrogens with one attached hydrogen (secondary N) is 2. The van der Waals surface area contributed by atoms with E-state index in [1.807, 2.05) is 6.92 Å². The summed E-state index contributed by atoms with van der Waals surface area (Å²) in [7, 11) is 0. The Morgan fingerprint density at radius 3 is 3.18 bits per heavy atom. The lowest BCUT2D eigenvalue weighted by atomic mass is 10.0. The van der Waals surface area contributed by atoms with E-state index < -0.39 is 5.60 Å². The molecule has 0 spiro atoms. The fourth-order valence-corrected chi connectivity index (χ4v) is 2.90. The third kappa shape index (κ3) is 4.03. The Labute approximate surface area is 106 Å². The van der Waals surface area contributed by atoms with Crippen LogP contribution in [0.15, 0.2) is 5.38 Å². The third-order valence-corrected chi connectivity index (χ3v) is 4.11. The van der Waals surface area contributed by atoms with Crippen molar-refractivity contribution < 1.29 is 5.11 Å². The first-order valence-electron chi connectivity index (χ1n) is 6.23. The van der Waals surface area contributed by atoms with Gasteiger partial charge in [-0.1, -0.05) is 0 Å². The molecule has 1 saturated heterocycles.